The molecule has 0 amide bonds. The number of ether oxygens (including phenoxy) is 1. The summed E-state index contributed by atoms with van der Waals surface area (Å²) in [4.78, 5) is 8.14. The molecule has 106 valence electrons. The van der Waals surface area contributed by atoms with Gasteiger partial charge in [0, 0.05) is 23.5 Å². The van der Waals surface area contributed by atoms with E-state index in [1.807, 2.05) is 6.92 Å². The lowest BCUT2D eigenvalue weighted by molar-refractivity contribution is 0.321. The van der Waals surface area contributed by atoms with Crippen molar-refractivity contribution >= 4 is 17.5 Å². The van der Waals surface area contributed by atoms with Crippen molar-refractivity contribution in [3.05, 3.63) is 35.8 Å². The summed E-state index contributed by atoms with van der Waals surface area (Å²) in [5.74, 6) is 5.89. The first kappa shape index (κ1) is 14.0. The lowest BCUT2D eigenvalue weighted by Gasteiger charge is -2.11. The van der Waals surface area contributed by atoms with Crippen LogP contribution in [0.15, 0.2) is 24.4 Å². The van der Waals surface area contributed by atoms with Crippen LogP contribution in [-0.4, -0.2) is 16.6 Å². The maximum Gasteiger partial charge on any atom is 0.239 e. The molecule has 0 aliphatic carbocycles. The molecule has 0 radical (unpaired) electrons. The van der Waals surface area contributed by atoms with E-state index in [-0.39, 0.29) is 11.7 Å². The maximum atomic E-state index is 13.8. The molecular weight excluding hydrogens is 261 g/mol. The average molecular weight is 277 g/mol. The summed E-state index contributed by atoms with van der Waals surface area (Å²) < 4.78 is 18.9. The fourth-order valence-electron chi connectivity index (χ4n) is 1.63. The molecule has 1 aromatic heterocycles. The molecule has 4 N–H and O–H groups in total. The predicted molar refractivity (Wildman–Crippen MR) is 75.4 cm³/mol. The van der Waals surface area contributed by atoms with Gasteiger partial charge in [0.15, 0.2) is 11.6 Å². The molecule has 1 heterocycles. The standard InChI is InChI=1S/C13H16FN5O/c1-3-20-11-5-4-9(6-10(11)14)17-12-8(2)7-16-13(18-12)19-15/h4-7H,3,15H2,1-2H3,(H2,16,17,18,19). The molecule has 0 bridgehead atoms. The van der Waals surface area contributed by atoms with E-state index < -0.39 is 5.82 Å². The van der Waals surface area contributed by atoms with Crippen molar-refractivity contribution in [2.24, 2.45) is 5.84 Å². The average Bonchev–Trinajstić information content (AvgIpc) is 2.44. The van der Waals surface area contributed by atoms with Gasteiger partial charge in [-0.25, -0.2) is 15.2 Å². The smallest absolute Gasteiger partial charge is 0.239 e. The number of nitrogens with two attached hydrogens (primary N) is 1. The van der Waals surface area contributed by atoms with Gasteiger partial charge in [-0.2, -0.15) is 4.98 Å². The number of anilines is 3. The van der Waals surface area contributed by atoms with Crippen LogP contribution < -0.4 is 21.3 Å². The molecule has 0 saturated carbocycles. The molecule has 0 atom stereocenters. The Labute approximate surface area is 116 Å². The van der Waals surface area contributed by atoms with E-state index in [4.69, 9.17) is 10.6 Å². The minimum atomic E-state index is -0.430. The number of halogens is 1. The zero-order valence-electron chi connectivity index (χ0n) is 11.3. The quantitative estimate of drug-likeness (QED) is 0.574. The van der Waals surface area contributed by atoms with Crippen molar-refractivity contribution in [3.8, 4) is 5.75 Å². The van der Waals surface area contributed by atoms with Crippen LogP contribution in [0.4, 0.5) is 21.8 Å². The van der Waals surface area contributed by atoms with Crippen LogP contribution in [0.25, 0.3) is 0 Å². The minimum absolute atomic E-state index is 0.224. The van der Waals surface area contributed by atoms with Gasteiger partial charge in [-0.05, 0) is 26.0 Å². The van der Waals surface area contributed by atoms with Crippen molar-refractivity contribution in [2.45, 2.75) is 13.8 Å². The second-order valence-corrected chi connectivity index (χ2v) is 4.07. The summed E-state index contributed by atoms with van der Waals surface area (Å²) in [5.41, 5.74) is 3.74. The van der Waals surface area contributed by atoms with E-state index in [9.17, 15) is 4.39 Å². The molecule has 0 aliphatic heterocycles. The van der Waals surface area contributed by atoms with Crippen molar-refractivity contribution in [3.63, 3.8) is 0 Å². The van der Waals surface area contributed by atoms with Crippen LogP contribution in [0.5, 0.6) is 5.75 Å². The van der Waals surface area contributed by atoms with Gasteiger partial charge < -0.3 is 10.1 Å². The Morgan fingerprint density at radius 2 is 2.20 bits per heavy atom. The molecule has 7 heteroatoms. The van der Waals surface area contributed by atoms with Gasteiger partial charge in [-0.3, -0.25) is 5.43 Å². The van der Waals surface area contributed by atoms with Gasteiger partial charge in [0.2, 0.25) is 5.95 Å². The van der Waals surface area contributed by atoms with Gasteiger partial charge in [0.05, 0.1) is 6.61 Å². The van der Waals surface area contributed by atoms with Crippen molar-refractivity contribution in [1.29, 1.82) is 0 Å². The number of nitrogens with zero attached hydrogens (tertiary/aromatic N) is 2. The highest BCUT2D eigenvalue weighted by atomic mass is 19.1. The molecular formula is C13H16FN5O. The number of hydrogen-bond donors (Lipinski definition) is 3. The first-order chi connectivity index (χ1) is 9.63. The molecule has 0 spiro atoms. The molecule has 20 heavy (non-hydrogen) atoms. The van der Waals surface area contributed by atoms with E-state index in [0.29, 0.717) is 18.1 Å². The topological polar surface area (TPSA) is 85.1 Å². The van der Waals surface area contributed by atoms with Crippen molar-refractivity contribution in [1.82, 2.24) is 9.97 Å². The monoisotopic (exact) mass is 277 g/mol. The van der Waals surface area contributed by atoms with Gasteiger partial charge >= 0.3 is 0 Å². The zero-order valence-corrected chi connectivity index (χ0v) is 11.3. The summed E-state index contributed by atoms with van der Waals surface area (Å²) in [5, 5.41) is 3.01. The summed E-state index contributed by atoms with van der Waals surface area (Å²) in [7, 11) is 0. The Balaban J connectivity index is 2.23. The van der Waals surface area contributed by atoms with Crippen LogP contribution in [-0.2, 0) is 0 Å². The zero-order chi connectivity index (χ0) is 14.5. The number of nitrogens with one attached hydrogen (secondary N) is 2. The molecule has 1 aromatic carbocycles. The number of aromatic nitrogens is 2. The fraction of sp³-hybridized carbons (Fsp3) is 0.231. The van der Waals surface area contributed by atoms with Crippen LogP contribution in [0, 0.1) is 12.7 Å². The molecule has 0 aliphatic rings. The number of hydrogen-bond acceptors (Lipinski definition) is 6. The first-order valence-electron chi connectivity index (χ1n) is 6.13. The van der Waals surface area contributed by atoms with Crippen LogP contribution in [0.2, 0.25) is 0 Å². The van der Waals surface area contributed by atoms with Gasteiger partial charge in [-0.15, -0.1) is 0 Å². The lowest BCUT2D eigenvalue weighted by Crippen LogP contribution is -2.11. The molecule has 2 rings (SSSR count). The summed E-state index contributed by atoms with van der Waals surface area (Å²) >= 11 is 0. The highest BCUT2D eigenvalue weighted by molar-refractivity contribution is 5.60. The maximum absolute atomic E-state index is 13.8. The van der Waals surface area contributed by atoms with Gasteiger partial charge in [0.25, 0.3) is 0 Å². The van der Waals surface area contributed by atoms with Gasteiger partial charge in [0.1, 0.15) is 5.82 Å². The van der Waals surface area contributed by atoms with Crippen LogP contribution in [0.3, 0.4) is 0 Å². The molecule has 0 fully saturated rings. The summed E-state index contributed by atoms with van der Waals surface area (Å²) in [6, 6.07) is 4.63. The third-order valence-corrected chi connectivity index (χ3v) is 2.60. The largest absolute Gasteiger partial charge is 0.491 e. The van der Waals surface area contributed by atoms with Crippen LogP contribution in [0.1, 0.15) is 12.5 Å². The Morgan fingerprint density at radius 3 is 2.85 bits per heavy atom. The Bertz CT molecular complexity index is 605. The Hall–Kier alpha value is -2.41. The molecule has 0 saturated heterocycles. The van der Waals surface area contributed by atoms with E-state index in [2.05, 4.69) is 20.7 Å². The third-order valence-electron chi connectivity index (χ3n) is 2.60. The summed E-state index contributed by atoms with van der Waals surface area (Å²) in [6.07, 6.45) is 1.62. The fourth-order valence-corrected chi connectivity index (χ4v) is 1.63. The second kappa shape index (κ2) is 6.16. The van der Waals surface area contributed by atoms with E-state index >= 15 is 0 Å². The predicted octanol–water partition coefficient (Wildman–Crippen LogP) is 2.35. The first-order valence-corrected chi connectivity index (χ1v) is 6.13. The number of rotatable bonds is 5. The SMILES string of the molecule is CCOc1ccc(Nc2nc(NN)ncc2C)cc1F. The third kappa shape index (κ3) is 3.12. The number of hydrazine groups is 1. The molecule has 2 aromatic rings. The normalized spacial score (nSPS) is 10.2. The number of benzene rings is 1. The van der Waals surface area contributed by atoms with Crippen molar-refractivity contribution in [2.75, 3.05) is 17.3 Å². The molecule has 0 unspecified atom stereocenters. The highest BCUT2D eigenvalue weighted by Gasteiger charge is 2.07. The van der Waals surface area contributed by atoms with E-state index in [0.717, 1.165) is 5.56 Å². The lowest BCUT2D eigenvalue weighted by atomic mass is 10.2. The van der Waals surface area contributed by atoms with Crippen molar-refractivity contribution < 1.29 is 9.13 Å². The second-order valence-electron chi connectivity index (χ2n) is 4.07. The van der Waals surface area contributed by atoms with E-state index in [1.54, 1.807) is 25.3 Å². The van der Waals surface area contributed by atoms with Crippen LogP contribution >= 0.6 is 0 Å². The molecule has 6 nitrogen and oxygen atoms in total. The summed E-state index contributed by atoms with van der Waals surface area (Å²) in [6.45, 7) is 4.06. The minimum Gasteiger partial charge on any atom is -0.491 e. The number of aryl methyl sites for hydroxylation is 1. The Kier molecular flexibility index (Phi) is 4.31. The Morgan fingerprint density at radius 1 is 1.40 bits per heavy atom. The highest BCUT2D eigenvalue weighted by Crippen LogP contribution is 2.24. The van der Waals surface area contributed by atoms with E-state index in [1.165, 1.54) is 6.07 Å². The van der Waals surface area contributed by atoms with Gasteiger partial charge in [-0.1, -0.05) is 0 Å². The number of nitrogen functional groups attached to an aromatic ring is 1.